The summed E-state index contributed by atoms with van der Waals surface area (Å²) in [5, 5.41) is 7.26. The van der Waals surface area contributed by atoms with Gasteiger partial charge in [-0.15, -0.1) is 0 Å². The first-order valence-electron chi connectivity index (χ1n) is 8.00. The molecule has 2 N–H and O–H groups in total. The van der Waals surface area contributed by atoms with Crippen LogP contribution in [-0.2, 0) is 0 Å². The van der Waals surface area contributed by atoms with Crippen molar-refractivity contribution >= 4 is 23.0 Å². The van der Waals surface area contributed by atoms with Gasteiger partial charge in [-0.1, -0.05) is 43.3 Å². The quantitative estimate of drug-likeness (QED) is 0.744. The van der Waals surface area contributed by atoms with Crippen molar-refractivity contribution < 1.29 is 4.74 Å². The molecule has 122 valence electrons. The van der Waals surface area contributed by atoms with E-state index in [2.05, 4.69) is 48.7 Å². The zero-order chi connectivity index (χ0) is 16.7. The smallest absolute Gasteiger partial charge is 0.171 e. The Morgan fingerprint density at radius 2 is 1.78 bits per heavy atom. The SMILES string of the molecule is CCOc1ccccc1NC(=S)N[C@@H](CC)c1ccccc1C. The van der Waals surface area contributed by atoms with E-state index in [-0.39, 0.29) is 6.04 Å². The summed E-state index contributed by atoms with van der Waals surface area (Å²) in [6, 6.07) is 16.4. The van der Waals surface area contributed by atoms with E-state index in [1.165, 1.54) is 11.1 Å². The Morgan fingerprint density at radius 3 is 2.48 bits per heavy atom. The average molecular weight is 328 g/mol. The molecule has 2 aromatic carbocycles. The molecule has 2 rings (SSSR count). The maximum atomic E-state index is 5.62. The van der Waals surface area contributed by atoms with E-state index in [4.69, 9.17) is 17.0 Å². The minimum Gasteiger partial charge on any atom is -0.492 e. The fourth-order valence-corrected chi connectivity index (χ4v) is 2.80. The van der Waals surface area contributed by atoms with Crippen molar-refractivity contribution in [3.05, 3.63) is 59.7 Å². The highest BCUT2D eigenvalue weighted by Gasteiger charge is 2.13. The molecular formula is C19H24N2OS. The number of hydrogen-bond donors (Lipinski definition) is 2. The van der Waals surface area contributed by atoms with E-state index in [1.54, 1.807) is 0 Å². The molecule has 0 aromatic heterocycles. The first-order valence-corrected chi connectivity index (χ1v) is 8.41. The van der Waals surface area contributed by atoms with E-state index < -0.39 is 0 Å². The fraction of sp³-hybridized carbons (Fsp3) is 0.316. The lowest BCUT2D eigenvalue weighted by Crippen LogP contribution is -2.32. The summed E-state index contributed by atoms with van der Waals surface area (Å²) < 4.78 is 5.62. The minimum atomic E-state index is 0.190. The Balaban J connectivity index is 2.08. The van der Waals surface area contributed by atoms with Gasteiger partial charge in [-0.05, 0) is 55.7 Å². The number of ether oxygens (including phenoxy) is 1. The third-order valence-electron chi connectivity index (χ3n) is 3.71. The fourth-order valence-electron chi connectivity index (χ4n) is 2.55. The van der Waals surface area contributed by atoms with Crippen LogP contribution in [0.25, 0.3) is 0 Å². The molecule has 0 saturated carbocycles. The van der Waals surface area contributed by atoms with Gasteiger partial charge in [0.25, 0.3) is 0 Å². The summed E-state index contributed by atoms with van der Waals surface area (Å²) in [5.41, 5.74) is 3.42. The first-order chi connectivity index (χ1) is 11.2. The summed E-state index contributed by atoms with van der Waals surface area (Å²) in [6.45, 7) is 6.87. The molecule has 0 bridgehead atoms. The number of rotatable bonds is 6. The van der Waals surface area contributed by atoms with E-state index in [9.17, 15) is 0 Å². The summed E-state index contributed by atoms with van der Waals surface area (Å²) >= 11 is 5.49. The van der Waals surface area contributed by atoms with Gasteiger partial charge >= 0.3 is 0 Å². The van der Waals surface area contributed by atoms with Gasteiger partial charge in [-0.2, -0.15) is 0 Å². The Hall–Kier alpha value is -2.07. The topological polar surface area (TPSA) is 33.3 Å². The van der Waals surface area contributed by atoms with E-state index in [0.29, 0.717) is 11.7 Å². The van der Waals surface area contributed by atoms with Crippen molar-refractivity contribution in [3.8, 4) is 5.75 Å². The lowest BCUT2D eigenvalue weighted by molar-refractivity contribution is 0.342. The maximum Gasteiger partial charge on any atom is 0.171 e. The van der Waals surface area contributed by atoms with E-state index in [1.807, 2.05) is 31.2 Å². The summed E-state index contributed by atoms with van der Waals surface area (Å²) in [5.74, 6) is 0.808. The second-order valence-electron chi connectivity index (χ2n) is 5.35. The van der Waals surface area contributed by atoms with Gasteiger partial charge in [-0.3, -0.25) is 0 Å². The number of anilines is 1. The molecule has 2 aromatic rings. The van der Waals surface area contributed by atoms with Gasteiger partial charge in [0.2, 0.25) is 0 Å². The van der Waals surface area contributed by atoms with Gasteiger partial charge in [0.05, 0.1) is 18.3 Å². The molecule has 0 saturated heterocycles. The van der Waals surface area contributed by atoms with Crippen LogP contribution in [0.3, 0.4) is 0 Å². The van der Waals surface area contributed by atoms with Gasteiger partial charge in [-0.25, -0.2) is 0 Å². The predicted molar refractivity (Wildman–Crippen MR) is 101 cm³/mol. The zero-order valence-corrected chi connectivity index (χ0v) is 14.7. The number of nitrogens with one attached hydrogen (secondary N) is 2. The van der Waals surface area contributed by atoms with Gasteiger partial charge in [0.1, 0.15) is 5.75 Å². The summed E-state index contributed by atoms with van der Waals surface area (Å²) in [6.07, 6.45) is 0.958. The first kappa shape index (κ1) is 17.3. The van der Waals surface area contributed by atoms with Gasteiger partial charge < -0.3 is 15.4 Å². The molecule has 1 atom stereocenters. The van der Waals surface area contributed by atoms with Crippen molar-refractivity contribution in [2.24, 2.45) is 0 Å². The van der Waals surface area contributed by atoms with Crippen molar-refractivity contribution in [1.29, 1.82) is 0 Å². The average Bonchev–Trinajstić information content (AvgIpc) is 2.55. The molecule has 23 heavy (non-hydrogen) atoms. The van der Waals surface area contributed by atoms with Gasteiger partial charge in [0.15, 0.2) is 5.11 Å². The van der Waals surface area contributed by atoms with Crippen molar-refractivity contribution in [1.82, 2.24) is 5.32 Å². The van der Waals surface area contributed by atoms with E-state index >= 15 is 0 Å². The lowest BCUT2D eigenvalue weighted by Gasteiger charge is -2.22. The van der Waals surface area contributed by atoms with Crippen LogP contribution in [0.5, 0.6) is 5.75 Å². The van der Waals surface area contributed by atoms with E-state index in [0.717, 1.165) is 17.9 Å². The molecule has 0 heterocycles. The molecule has 0 aliphatic heterocycles. The highest BCUT2D eigenvalue weighted by molar-refractivity contribution is 7.80. The highest BCUT2D eigenvalue weighted by atomic mass is 32.1. The number of aryl methyl sites for hydroxylation is 1. The van der Waals surface area contributed by atoms with Crippen LogP contribution in [0.15, 0.2) is 48.5 Å². The second-order valence-corrected chi connectivity index (χ2v) is 5.75. The number of benzene rings is 2. The Kier molecular flexibility index (Phi) is 6.41. The Morgan fingerprint density at radius 1 is 1.09 bits per heavy atom. The van der Waals surface area contributed by atoms with Gasteiger partial charge in [0, 0.05) is 0 Å². The molecule has 0 amide bonds. The zero-order valence-electron chi connectivity index (χ0n) is 13.9. The van der Waals surface area contributed by atoms with Crippen LogP contribution in [0.2, 0.25) is 0 Å². The highest BCUT2D eigenvalue weighted by Crippen LogP contribution is 2.24. The summed E-state index contributed by atoms with van der Waals surface area (Å²) in [4.78, 5) is 0. The monoisotopic (exact) mass is 328 g/mol. The molecule has 0 fully saturated rings. The Bertz CT molecular complexity index is 657. The molecule has 4 heteroatoms. The van der Waals surface area contributed by atoms with Crippen LogP contribution in [0.4, 0.5) is 5.69 Å². The third kappa shape index (κ3) is 4.70. The normalized spacial score (nSPS) is 11.6. The number of para-hydroxylation sites is 2. The molecule has 0 unspecified atom stereocenters. The molecule has 0 aliphatic carbocycles. The van der Waals surface area contributed by atoms with Crippen LogP contribution >= 0.6 is 12.2 Å². The minimum absolute atomic E-state index is 0.190. The van der Waals surface area contributed by atoms with Crippen LogP contribution in [0, 0.1) is 6.92 Å². The molecule has 0 radical (unpaired) electrons. The molecular weight excluding hydrogens is 304 g/mol. The van der Waals surface area contributed by atoms with Crippen molar-refractivity contribution in [3.63, 3.8) is 0 Å². The molecule has 3 nitrogen and oxygen atoms in total. The van der Waals surface area contributed by atoms with Crippen LogP contribution in [-0.4, -0.2) is 11.7 Å². The number of hydrogen-bond acceptors (Lipinski definition) is 2. The van der Waals surface area contributed by atoms with Crippen LogP contribution < -0.4 is 15.4 Å². The van der Waals surface area contributed by atoms with Crippen LogP contribution in [0.1, 0.15) is 37.4 Å². The Labute approximate surface area is 144 Å². The number of thiocarbonyl (C=S) groups is 1. The third-order valence-corrected chi connectivity index (χ3v) is 3.93. The molecule has 0 spiro atoms. The predicted octanol–water partition coefficient (Wildman–Crippen LogP) is 4.83. The largest absolute Gasteiger partial charge is 0.492 e. The standard InChI is InChI=1S/C19H24N2OS/c1-4-16(15-11-7-6-10-14(15)3)20-19(23)21-17-12-8-9-13-18(17)22-5-2/h6-13,16H,4-5H2,1-3H3,(H2,20,21,23)/t16-/m0/s1. The van der Waals surface area contributed by atoms with Crippen molar-refractivity contribution in [2.45, 2.75) is 33.2 Å². The second kappa shape index (κ2) is 8.53. The lowest BCUT2D eigenvalue weighted by atomic mass is 10.00. The summed E-state index contributed by atoms with van der Waals surface area (Å²) in [7, 11) is 0. The van der Waals surface area contributed by atoms with Crippen molar-refractivity contribution in [2.75, 3.05) is 11.9 Å². The molecule has 0 aliphatic rings. The maximum absolute atomic E-state index is 5.62.